The summed E-state index contributed by atoms with van der Waals surface area (Å²) in [7, 11) is 3.14. The maximum absolute atomic E-state index is 11.1. The van der Waals surface area contributed by atoms with E-state index in [4.69, 9.17) is 9.47 Å². The first-order valence-corrected chi connectivity index (χ1v) is 4.78. The Morgan fingerprint density at radius 3 is 2.25 bits per heavy atom. The van der Waals surface area contributed by atoms with E-state index in [0.29, 0.717) is 11.5 Å². The highest BCUT2D eigenvalue weighted by Crippen LogP contribution is 2.29. The van der Waals surface area contributed by atoms with Crippen LogP contribution in [0.25, 0.3) is 6.08 Å². The molecule has 3 nitrogen and oxygen atoms in total. The van der Waals surface area contributed by atoms with Gasteiger partial charge in [0, 0.05) is 0 Å². The van der Waals surface area contributed by atoms with Crippen molar-refractivity contribution in [2.45, 2.75) is 0 Å². The minimum atomic E-state index is -0.159. The van der Waals surface area contributed by atoms with Crippen molar-refractivity contribution in [2.75, 3.05) is 14.2 Å². The van der Waals surface area contributed by atoms with E-state index >= 15 is 0 Å². The van der Waals surface area contributed by atoms with Crippen LogP contribution in [0.5, 0.6) is 11.5 Å². The fourth-order valence-electron chi connectivity index (χ4n) is 1.28. The number of carbonyl (C=O) groups excluding carboxylic acids is 1. The smallest absolute Gasteiger partial charge is 0.178 e. The van der Waals surface area contributed by atoms with Gasteiger partial charge in [-0.3, -0.25) is 4.79 Å². The molecule has 1 aromatic carbocycles. The summed E-state index contributed by atoms with van der Waals surface area (Å²) in [6.45, 7) is 3.39. The van der Waals surface area contributed by atoms with Gasteiger partial charge in [0.2, 0.25) is 0 Å². The number of ether oxygens (including phenoxy) is 2. The van der Waals surface area contributed by atoms with Crippen molar-refractivity contribution in [1.29, 1.82) is 0 Å². The Hall–Kier alpha value is -2.03. The molecule has 0 radical (unpaired) electrons. The number of benzene rings is 1. The van der Waals surface area contributed by atoms with Gasteiger partial charge in [-0.15, -0.1) is 0 Å². The average molecular weight is 218 g/mol. The lowest BCUT2D eigenvalue weighted by Crippen LogP contribution is -1.92. The van der Waals surface area contributed by atoms with Gasteiger partial charge in [-0.05, 0) is 30.4 Å². The van der Waals surface area contributed by atoms with Gasteiger partial charge in [-0.25, -0.2) is 0 Å². The van der Waals surface area contributed by atoms with E-state index in [2.05, 4.69) is 6.58 Å². The Kier molecular flexibility index (Phi) is 4.33. The van der Waals surface area contributed by atoms with Crippen LogP contribution in [0.3, 0.4) is 0 Å². The molecule has 0 unspecified atom stereocenters. The third-order valence-corrected chi connectivity index (χ3v) is 2.08. The molecule has 0 atom stereocenters. The molecule has 0 bridgehead atoms. The highest BCUT2D eigenvalue weighted by molar-refractivity contribution is 6.02. The standard InChI is InChI=1S/C13H14O3/c1-4-10(14)8-9-11-12(15-2)6-5-7-13(11)16-3/h4-9H,1H2,2-3H3. The summed E-state index contributed by atoms with van der Waals surface area (Å²) in [6, 6.07) is 5.44. The lowest BCUT2D eigenvalue weighted by molar-refractivity contribution is -0.110. The van der Waals surface area contributed by atoms with Gasteiger partial charge in [0.15, 0.2) is 5.78 Å². The molecule has 0 aliphatic carbocycles. The predicted molar refractivity (Wildman–Crippen MR) is 63.8 cm³/mol. The zero-order valence-corrected chi connectivity index (χ0v) is 9.40. The normalized spacial score (nSPS) is 10.1. The molecule has 0 fully saturated rings. The summed E-state index contributed by atoms with van der Waals surface area (Å²) in [6.07, 6.45) is 4.33. The summed E-state index contributed by atoms with van der Waals surface area (Å²) < 4.78 is 10.4. The van der Waals surface area contributed by atoms with Gasteiger partial charge < -0.3 is 9.47 Å². The van der Waals surface area contributed by atoms with E-state index < -0.39 is 0 Å². The maximum atomic E-state index is 11.1. The van der Waals surface area contributed by atoms with Crippen molar-refractivity contribution in [1.82, 2.24) is 0 Å². The van der Waals surface area contributed by atoms with Crippen LogP contribution >= 0.6 is 0 Å². The third kappa shape index (κ3) is 2.73. The third-order valence-electron chi connectivity index (χ3n) is 2.08. The zero-order chi connectivity index (χ0) is 12.0. The molecule has 0 amide bonds. The van der Waals surface area contributed by atoms with E-state index in [9.17, 15) is 4.79 Å². The molecule has 3 heteroatoms. The van der Waals surface area contributed by atoms with E-state index in [1.807, 2.05) is 6.07 Å². The van der Waals surface area contributed by atoms with E-state index in [-0.39, 0.29) is 5.78 Å². The van der Waals surface area contributed by atoms with Crippen LogP contribution in [0.2, 0.25) is 0 Å². The first kappa shape index (κ1) is 12.0. The average Bonchev–Trinajstić information content (AvgIpc) is 2.35. The second-order valence-electron chi connectivity index (χ2n) is 3.02. The van der Waals surface area contributed by atoms with Crippen molar-refractivity contribution in [2.24, 2.45) is 0 Å². The minimum absolute atomic E-state index is 0.159. The number of hydrogen-bond donors (Lipinski definition) is 0. The fourth-order valence-corrected chi connectivity index (χ4v) is 1.28. The summed E-state index contributed by atoms with van der Waals surface area (Å²) in [5, 5.41) is 0. The first-order valence-electron chi connectivity index (χ1n) is 4.78. The predicted octanol–water partition coefficient (Wildman–Crippen LogP) is 2.47. The number of methoxy groups -OCH3 is 2. The van der Waals surface area contributed by atoms with Crippen LogP contribution in [0.1, 0.15) is 5.56 Å². The highest BCUT2D eigenvalue weighted by atomic mass is 16.5. The van der Waals surface area contributed by atoms with Gasteiger partial charge in [0.05, 0.1) is 19.8 Å². The first-order chi connectivity index (χ1) is 7.72. The molecular formula is C13H14O3. The lowest BCUT2D eigenvalue weighted by atomic mass is 10.1. The largest absolute Gasteiger partial charge is 0.496 e. The van der Waals surface area contributed by atoms with Crippen molar-refractivity contribution >= 4 is 11.9 Å². The molecule has 84 valence electrons. The summed E-state index contributed by atoms with van der Waals surface area (Å²) in [4.78, 5) is 11.1. The number of ketones is 1. The summed E-state index contributed by atoms with van der Waals surface area (Å²) in [5.74, 6) is 1.16. The molecule has 0 N–H and O–H groups in total. The minimum Gasteiger partial charge on any atom is -0.496 e. The van der Waals surface area contributed by atoms with Crippen LogP contribution in [-0.2, 0) is 4.79 Å². The second-order valence-corrected chi connectivity index (χ2v) is 3.02. The molecule has 16 heavy (non-hydrogen) atoms. The van der Waals surface area contributed by atoms with Crippen LogP contribution in [-0.4, -0.2) is 20.0 Å². The Morgan fingerprint density at radius 1 is 1.25 bits per heavy atom. The molecule has 0 heterocycles. The molecule has 1 rings (SSSR count). The van der Waals surface area contributed by atoms with Crippen molar-refractivity contribution in [3.63, 3.8) is 0 Å². The quantitative estimate of drug-likeness (QED) is 0.712. The monoisotopic (exact) mass is 218 g/mol. The molecule has 0 aliphatic heterocycles. The zero-order valence-electron chi connectivity index (χ0n) is 9.40. The second kappa shape index (κ2) is 5.75. The van der Waals surface area contributed by atoms with Crippen LogP contribution < -0.4 is 9.47 Å². The van der Waals surface area contributed by atoms with E-state index in [1.54, 1.807) is 32.4 Å². The van der Waals surface area contributed by atoms with Crippen LogP contribution in [0.4, 0.5) is 0 Å². The van der Waals surface area contributed by atoms with Crippen molar-refractivity contribution in [3.8, 4) is 11.5 Å². The molecular weight excluding hydrogens is 204 g/mol. The van der Waals surface area contributed by atoms with Gasteiger partial charge in [-0.2, -0.15) is 0 Å². The number of hydrogen-bond acceptors (Lipinski definition) is 3. The molecule has 0 aromatic heterocycles. The van der Waals surface area contributed by atoms with Crippen molar-refractivity contribution < 1.29 is 14.3 Å². The lowest BCUT2D eigenvalue weighted by Gasteiger charge is -2.09. The van der Waals surface area contributed by atoms with Crippen LogP contribution in [0, 0.1) is 0 Å². The highest BCUT2D eigenvalue weighted by Gasteiger charge is 2.06. The summed E-state index contributed by atoms with van der Waals surface area (Å²) >= 11 is 0. The molecule has 1 aromatic rings. The van der Waals surface area contributed by atoms with Gasteiger partial charge in [0.25, 0.3) is 0 Å². The Labute approximate surface area is 95.0 Å². The maximum Gasteiger partial charge on any atom is 0.178 e. The topological polar surface area (TPSA) is 35.5 Å². The molecule has 0 saturated carbocycles. The number of rotatable bonds is 5. The van der Waals surface area contributed by atoms with Crippen LogP contribution in [0.15, 0.2) is 36.9 Å². The summed E-state index contributed by atoms with van der Waals surface area (Å²) in [5.41, 5.74) is 0.739. The Balaban J connectivity index is 3.13. The molecule has 0 spiro atoms. The Bertz CT molecular complexity index is 397. The molecule has 0 aliphatic rings. The SMILES string of the molecule is C=CC(=O)C=Cc1c(OC)cccc1OC. The van der Waals surface area contributed by atoms with E-state index in [0.717, 1.165) is 5.56 Å². The van der Waals surface area contributed by atoms with E-state index in [1.165, 1.54) is 12.2 Å². The van der Waals surface area contributed by atoms with Gasteiger partial charge in [-0.1, -0.05) is 12.6 Å². The molecule has 0 saturated heterocycles. The number of carbonyl (C=O) groups is 1. The number of allylic oxidation sites excluding steroid dienone is 2. The Morgan fingerprint density at radius 2 is 1.81 bits per heavy atom. The van der Waals surface area contributed by atoms with Gasteiger partial charge in [0.1, 0.15) is 11.5 Å². The van der Waals surface area contributed by atoms with Gasteiger partial charge >= 0.3 is 0 Å². The fraction of sp³-hybridized carbons (Fsp3) is 0.154. The van der Waals surface area contributed by atoms with Crippen molar-refractivity contribution in [3.05, 3.63) is 42.5 Å².